The lowest BCUT2D eigenvalue weighted by atomic mass is 10.2. The van der Waals surface area contributed by atoms with Gasteiger partial charge in [-0.2, -0.15) is 13.2 Å². The second-order valence-electron chi connectivity index (χ2n) is 3.31. The van der Waals surface area contributed by atoms with Gasteiger partial charge in [0, 0.05) is 11.8 Å². The van der Waals surface area contributed by atoms with Gasteiger partial charge in [-0.3, -0.25) is 0 Å². The molecule has 0 saturated carbocycles. The molecular weight excluding hydrogens is 233 g/mol. The summed E-state index contributed by atoms with van der Waals surface area (Å²) < 4.78 is 37.3. The zero-order chi connectivity index (χ0) is 12.5. The Bertz CT molecular complexity index is 523. The summed E-state index contributed by atoms with van der Waals surface area (Å²) in [7, 11) is 0. The van der Waals surface area contributed by atoms with Crippen molar-refractivity contribution >= 4 is 0 Å². The number of hydrogen-bond acceptors (Lipinski definition) is 3. The molecule has 1 N–H and O–H groups in total. The predicted octanol–water partition coefficient (Wildman–Crippen LogP) is 2.87. The summed E-state index contributed by atoms with van der Waals surface area (Å²) in [5.74, 6) is 0.000510. The molecule has 0 atom stereocenters. The fourth-order valence-electron chi connectivity index (χ4n) is 1.27. The first-order valence-corrected chi connectivity index (χ1v) is 4.66. The van der Waals surface area contributed by atoms with Gasteiger partial charge in [0.1, 0.15) is 11.4 Å². The molecule has 0 radical (unpaired) electrons. The molecule has 0 aliphatic rings. The molecule has 2 rings (SSSR count). The van der Waals surface area contributed by atoms with E-state index in [4.69, 9.17) is 5.11 Å². The van der Waals surface area contributed by atoms with Crippen LogP contribution in [-0.4, -0.2) is 15.1 Å². The van der Waals surface area contributed by atoms with E-state index in [0.717, 1.165) is 12.3 Å². The topological polar surface area (TPSA) is 46.0 Å². The van der Waals surface area contributed by atoms with E-state index < -0.39 is 11.9 Å². The first-order chi connectivity index (χ1) is 7.97. The Balaban J connectivity index is 2.43. The first-order valence-electron chi connectivity index (χ1n) is 4.66. The van der Waals surface area contributed by atoms with E-state index in [1.807, 2.05) is 0 Å². The van der Waals surface area contributed by atoms with Crippen molar-refractivity contribution < 1.29 is 18.3 Å². The zero-order valence-corrected chi connectivity index (χ0v) is 8.44. The third-order valence-electron chi connectivity index (χ3n) is 2.07. The molecule has 0 bridgehead atoms. The number of benzene rings is 1. The Morgan fingerprint density at radius 1 is 1.00 bits per heavy atom. The van der Waals surface area contributed by atoms with E-state index in [-0.39, 0.29) is 11.6 Å². The monoisotopic (exact) mass is 240 g/mol. The molecule has 2 aromatic rings. The summed E-state index contributed by atoms with van der Waals surface area (Å²) in [6.45, 7) is 0. The summed E-state index contributed by atoms with van der Waals surface area (Å²) in [4.78, 5) is 7.19. The van der Waals surface area contributed by atoms with E-state index in [9.17, 15) is 13.2 Å². The molecule has 1 aromatic heterocycles. The van der Waals surface area contributed by atoms with E-state index in [2.05, 4.69) is 9.97 Å². The molecule has 0 unspecified atom stereocenters. The zero-order valence-electron chi connectivity index (χ0n) is 8.44. The molecular formula is C11H7F3N2O. The number of aromatic hydroxyl groups is 1. The van der Waals surface area contributed by atoms with Crippen LogP contribution in [-0.2, 0) is 6.18 Å². The Hall–Kier alpha value is -2.11. The maximum absolute atomic E-state index is 12.4. The van der Waals surface area contributed by atoms with E-state index in [0.29, 0.717) is 5.56 Å². The van der Waals surface area contributed by atoms with E-state index in [1.54, 1.807) is 0 Å². The molecule has 6 heteroatoms. The largest absolute Gasteiger partial charge is 0.508 e. The molecule has 88 valence electrons. The van der Waals surface area contributed by atoms with Gasteiger partial charge in [-0.25, -0.2) is 9.97 Å². The molecule has 0 spiro atoms. The lowest BCUT2D eigenvalue weighted by Crippen LogP contribution is -2.08. The fourth-order valence-corrected chi connectivity index (χ4v) is 1.27. The van der Waals surface area contributed by atoms with Crippen molar-refractivity contribution in [2.75, 3.05) is 0 Å². The van der Waals surface area contributed by atoms with Crippen molar-refractivity contribution in [2.45, 2.75) is 6.18 Å². The molecule has 0 aliphatic heterocycles. The Morgan fingerprint density at radius 3 is 2.24 bits per heavy atom. The van der Waals surface area contributed by atoms with Crippen LogP contribution in [0.25, 0.3) is 11.4 Å². The van der Waals surface area contributed by atoms with Crippen LogP contribution in [0.1, 0.15) is 5.69 Å². The minimum Gasteiger partial charge on any atom is -0.508 e. The maximum atomic E-state index is 12.4. The number of alkyl halides is 3. The Morgan fingerprint density at radius 2 is 1.65 bits per heavy atom. The van der Waals surface area contributed by atoms with Crippen LogP contribution in [0.4, 0.5) is 13.2 Å². The Kier molecular flexibility index (Phi) is 2.71. The van der Waals surface area contributed by atoms with Gasteiger partial charge in [0.2, 0.25) is 0 Å². The van der Waals surface area contributed by atoms with Crippen LogP contribution in [0.15, 0.2) is 36.5 Å². The Labute approximate surface area is 94.6 Å². The standard InChI is InChI=1S/C11H7F3N2O/c12-11(13,14)9-5-6-15-10(16-9)7-1-3-8(17)4-2-7/h1-6,17H. The molecule has 3 nitrogen and oxygen atoms in total. The number of nitrogens with zero attached hydrogens (tertiary/aromatic N) is 2. The van der Waals surface area contributed by atoms with Gasteiger partial charge in [0.15, 0.2) is 5.82 Å². The number of phenols is 1. The highest BCUT2D eigenvalue weighted by atomic mass is 19.4. The summed E-state index contributed by atoms with van der Waals surface area (Å²) >= 11 is 0. The van der Waals surface area contributed by atoms with Crippen molar-refractivity contribution in [1.29, 1.82) is 0 Å². The summed E-state index contributed by atoms with van der Waals surface area (Å²) in [6, 6.07) is 6.43. The van der Waals surface area contributed by atoms with Crippen molar-refractivity contribution in [3.8, 4) is 17.1 Å². The SMILES string of the molecule is Oc1ccc(-c2nccc(C(F)(F)F)n2)cc1. The number of hydrogen-bond donors (Lipinski definition) is 1. The van der Waals surface area contributed by atoms with Crippen LogP contribution < -0.4 is 0 Å². The van der Waals surface area contributed by atoms with Gasteiger partial charge in [-0.15, -0.1) is 0 Å². The minimum atomic E-state index is -4.49. The lowest BCUT2D eigenvalue weighted by Gasteiger charge is -2.06. The van der Waals surface area contributed by atoms with Gasteiger partial charge in [-0.05, 0) is 30.3 Å². The molecule has 1 aromatic carbocycles. The van der Waals surface area contributed by atoms with Crippen LogP contribution in [0, 0.1) is 0 Å². The summed E-state index contributed by atoms with van der Waals surface area (Å²) in [6.07, 6.45) is -3.44. The van der Waals surface area contributed by atoms with Crippen LogP contribution in [0.3, 0.4) is 0 Å². The van der Waals surface area contributed by atoms with E-state index >= 15 is 0 Å². The molecule has 17 heavy (non-hydrogen) atoms. The highest BCUT2D eigenvalue weighted by Gasteiger charge is 2.32. The molecule has 0 aliphatic carbocycles. The molecule has 0 amide bonds. The number of aromatic nitrogens is 2. The molecule has 0 fully saturated rings. The highest BCUT2D eigenvalue weighted by Crippen LogP contribution is 2.28. The summed E-state index contributed by atoms with van der Waals surface area (Å²) in [5, 5.41) is 9.07. The second-order valence-corrected chi connectivity index (χ2v) is 3.31. The van der Waals surface area contributed by atoms with Crippen LogP contribution in [0.2, 0.25) is 0 Å². The quantitative estimate of drug-likeness (QED) is 0.833. The van der Waals surface area contributed by atoms with Crippen molar-refractivity contribution in [3.63, 3.8) is 0 Å². The summed E-state index contributed by atoms with van der Waals surface area (Å²) in [5.41, 5.74) is -0.579. The molecule has 1 heterocycles. The van der Waals surface area contributed by atoms with E-state index in [1.165, 1.54) is 24.3 Å². The number of phenolic OH excluding ortho intramolecular Hbond substituents is 1. The van der Waals surface area contributed by atoms with Crippen molar-refractivity contribution in [1.82, 2.24) is 9.97 Å². The average Bonchev–Trinajstić information content (AvgIpc) is 2.29. The van der Waals surface area contributed by atoms with Crippen molar-refractivity contribution in [3.05, 3.63) is 42.2 Å². The predicted molar refractivity (Wildman–Crippen MR) is 54.1 cm³/mol. The van der Waals surface area contributed by atoms with Crippen molar-refractivity contribution in [2.24, 2.45) is 0 Å². The van der Waals surface area contributed by atoms with Gasteiger partial charge < -0.3 is 5.11 Å². The third kappa shape index (κ3) is 2.52. The lowest BCUT2D eigenvalue weighted by molar-refractivity contribution is -0.141. The van der Waals surface area contributed by atoms with Crippen LogP contribution >= 0.6 is 0 Å². The smallest absolute Gasteiger partial charge is 0.433 e. The highest BCUT2D eigenvalue weighted by molar-refractivity contribution is 5.55. The first kappa shape index (κ1) is 11.4. The maximum Gasteiger partial charge on any atom is 0.433 e. The fraction of sp³-hybridized carbons (Fsp3) is 0.0909. The number of rotatable bonds is 1. The second kappa shape index (κ2) is 4.04. The van der Waals surface area contributed by atoms with Gasteiger partial charge in [0.05, 0.1) is 0 Å². The third-order valence-corrected chi connectivity index (χ3v) is 2.07. The normalized spacial score (nSPS) is 11.5. The van der Waals surface area contributed by atoms with Gasteiger partial charge in [-0.1, -0.05) is 0 Å². The number of halogens is 3. The average molecular weight is 240 g/mol. The van der Waals surface area contributed by atoms with Gasteiger partial charge >= 0.3 is 6.18 Å². The molecule has 0 saturated heterocycles. The minimum absolute atomic E-state index is 0.0279. The van der Waals surface area contributed by atoms with Gasteiger partial charge in [0.25, 0.3) is 0 Å². The van der Waals surface area contributed by atoms with Crippen LogP contribution in [0.5, 0.6) is 5.75 Å².